The summed E-state index contributed by atoms with van der Waals surface area (Å²) in [6.07, 6.45) is 2.57. The van der Waals surface area contributed by atoms with Gasteiger partial charge in [0.25, 0.3) is 0 Å². The molecule has 1 aromatic heterocycles. The van der Waals surface area contributed by atoms with Crippen molar-refractivity contribution >= 4 is 11.8 Å². The third kappa shape index (κ3) is 2.13. The van der Waals surface area contributed by atoms with Crippen LogP contribution in [-0.4, -0.2) is 27.7 Å². The van der Waals surface area contributed by atoms with E-state index >= 15 is 0 Å². The van der Waals surface area contributed by atoms with Crippen molar-refractivity contribution in [3.63, 3.8) is 0 Å². The highest BCUT2D eigenvalue weighted by atomic mass is 16.5. The minimum atomic E-state index is -1.39. The molecule has 0 aliphatic rings. The van der Waals surface area contributed by atoms with Gasteiger partial charge in [0.15, 0.2) is 5.54 Å². The van der Waals surface area contributed by atoms with Crippen LogP contribution in [0.25, 0.3) is 0 Å². The van der Waals surface area contributed by atoms with Crippen LogP contribution in [0.2, 0.25) is 0 Å². The molecule has 1 N–H and O–H groups in total. The lowest BCUT2D eigenvalue weighted by Gasteiger charge is -2.27. The Morgan fingerprint density at radius 1 is 1.40 bits per heavy atom. The van der Waals surface area contributed by atoms with Crippen molar-refractivity contribution in [3.05, 3.63) is 47.3 Å². The summed E-state index contributed by atoms with van der Waals surface area (Å²) in [6, 6.07) is 6.65. The number of carboxylic acid groups (broad SMARTS) is 1. The van der Waals surface area contributed by atoms with Crippen molar-refractivity contribution in [1.82, 2.24) is 9.55 Å². The van der Waals surface area contributed by atoms with E-state index in [0.29, 0.717) is 11.3 Å². The standard InChI is InChI=1S/C13H13N3O4/c1-13(12(17)18,16-7-11(15-19)14-8-16)9-3-5-10(20-2)6-4-9/h3-8H,1-2H3,(H,17,18)/t13-/m0/s1. The van der Waals surface area contributed by atoms with Crippen LogP contribution >= 0.6 is 0 Å². The lowest BCUT2D eigenvalue weighted by molar-refractivity contribution is -0.144. The molecule has 1 atom stereocenters. The first-order chi connectivity index (χ1) is 9.52. The molecule has 0 radical (unpaired) electrons. The van der Waals surface area contributed by atoms with E-state index in [2.05, 4.69) is 10.2 Å². The maximum Gasteiger partial charge on any atom is 0.334 e. The van der Waals surface area contributed by atoms with Gasteiger partial charge in [-0.1, -0.05) is 12.1 Å². The molecular formula is C13H13N3O4. The highest BCUT2D eigenvalue weighted by Gasteiger charge is 2.37. The van der Waals surface area contributed by atoms with Crippen molar-refractivity contribution in [3.8, 4) is 5.75 Å². The number of imidazole rings is 1. The second-order valence-electron chi connectivity index (χ2n) is 4.34. The Morgan fingerprint density at radius 2 is 2.05 bits per heavy atom. The number of carbonyl (C=O) groups is 1. The normalized spacial score (nSPS) is 13.5. The van der Waals surface area contributed by atoms with Crippen LogP contribution in [0.1, 0.15) is 12.5 Å². The molecule has 104 valence electrons. The van der Waals surface area contributed by atoms with Crippen LogP contribution in [0.4, 0.5) is 5.82 Å². The second kappa shape index (κ2) is 5.12. The maximum atomic E-state index is 11.7. The first-order valence-electron chi connectivity index (χ1n) is 5.78. The van der Waals surface area contributed by atoms with Crippen LogP contribution < -0.4 is 4.74 Å². The predicted octanol–water partition coefficient (Wildman–Crippen LogP) is 2.14. The van der Waals surface area contributed by atoms with Crippen molar-refractivity contribution in [2.75, 3.05) is 7.11 Å². The van der Waals surface area contributed by atoms with E-state index in [9.17, 15) is 14.8 Å². The number of aliphatic carboxylic acids is 1. The average molecular weight is 275 g/mol. The molecule has 0 saturated carbocycles. The van der Waals surface area contributed by atoms with Gasteiger partial charge in [-0.25, -0.2) is 9.78 Å². The van der Waals surface area contributed by atoms with Crippen LogP contribution in [0.15, 0.2) is 42.0 Å². The zero-order chi connectivity index (χ0) is 14.8. The number of hydrogen-bond donors (Lipinski definition) is 1. The van der Waals surface area contributed by atoms with Gasteiger partial charge in [-0.2, -0.15) is 0 Å². The third-order valence-corrected chi connectivity index (χ3v) is 3.25. The summed E-state index contributed by atoms with van der Waals surface area (Å²) in [5, 5.41) is 12.2. The number of rotatable bonds is 5. The lowest BCUT2D eigenvalue weighted by Crippen LogP contribution is -2.39. The molecule has 0 amide bonds. The molecule has 0 saturated heterocycles. The Morgan fingerprint density at radius 3 is 2.50 bits per heavy atom. The van der Waals surface area contributed by atoms with Gasteiger partial charge < -0.3 is 14.4 Å². The molecule has 0 unspecified atom stereocenters. The Hall–Kier alpha value is -2.70. The molecular weight excluding hydrogens is 262 g/mol. The fourth-order valence-electron chi connectivity index (χ4n) is 1.90. The van der Waals surface area contributed by atoms with Crippen LogP contribution in [0, 0.1) is 4.91 Å². The Labute approximate surface area is 114 Å². The quantitative estimate of drug-likeness (QED) is 0.843. The number of aromatic nitrogens is 2. The smallest absolute Gasteiger partial charge is 0.334 e. The van der Waals surface area contributed by atoms with Crippen molar-refractivity contribution < 1.29 is 14.6 Å². The number of methoxy groups -OCH3 is 1. The van der Waals surface area contributed by atoms with E-state index in [0.717, 1.165) is 0 Å². The zero-order valence-electron chi connectivity index (χ0n) is 11.0. The molecule has 0 aliphatic carbocycles. The monoisotopic (exact) mass is 275 g/mol. The predicted molar refractivity (Wildman–Crippen MR) is 71.1 cm³/mol. The van der Waals surface area contributed by atoms with E-state index in [1.807, 2.05) is 0 Å². The first kappa shape index (κ1) is 13.7. The fraction of sp³-hybridized carbons (Fsp3) is 0.231. The number of hydrogen-bond acceptors (Lipinski definition) is 5. The molecule has 0 fully saturated rings. The topological polar surface area (TPSA) is 93.8 Å². The zero-order valence-corrected chi connectivity index (χ0v) is 11.0. The summed E-state index contributed by atoms with van der Waals surface area (Å²) < 4.78 is 6.39. The maximum absolute atomic E-state index is 11.7. The second-order valence-corrected chi connectivity index (χ2v) is 4.34. The Balaban J connectivity index is 2.52. The third-order valence-electron chi connectivity index (χ3n) is 3.25. The molecule has 7 nitrogen and oxygen atoms in total. The minimum Gasteiger partial charge on any atom is -0.497 e. The van der Waals surface area contributed by atoms with E-state index < -0.39 is 11.5 Å². The molecule has 2 rings (SSSR count). The van der Waals surface area contributed by atoms with Gasteiger partial charge in [-0.05, 0) is 29.8 Å². The molecule has 0 spiro atoms. The van der Waals surface area contributed by atoms with Gasteiger partial charge in [0.1, 0.15) is 5.75 Å². The average Bonchev–Trinajstić information content (AvgIpc) is 2.95. The van der Waals surface area contributed by atoms with Crippen LogP contribution in [-0.2, 0) is 10.3 Å². The largest absolute Gasteiger partial charge is 0.497 e. The van der Waals surface area contributed by atoms with E-state index in [1.165, 1.54) is 31.1 Å². The van der Waals surface area contributed by atoms with Crippen LogP contribution in [0.5, 0.6) is 5.75 Å². The summed E-state index contributed by atoms with van der Waals surface area (Å²) >= 11 is 0. The summed E-state index contributed by atoms with van der Waals surface area (Å²) in [4.78, 5) is 25.9. The van der Waals surface area contributed by atoms with Crippen molar-refractivity contribution in [2.24, 2.45) is 5.18 Å². The molecule has 0 bridgehead atoms. The van der Waals surface area contributed by atoms with Crippen molar-refractivity contribution in [1.29, 1.82) is 0 Å². The summed E-state index contributed by atoms with van der Waals surface area (Å²) in [5.74, 6) is -0.508. The van der Waals surface area contributed by atoms with Crippen LogP contribution in [0.3, 0.4) is 0 Å². The molecule has 20 heavy (non-hydrogen) atoms. The van der Waals surface area contributed by atoms with Gasteiger partial charge >= 0.3 is 5.97 Å². The highest BCUT2D eigenvalue weighted by Crippen LogP contribution is 2.29. The Bertz CT molecular complexity index is 635. The highest BCUT2D eigenvalue weighted by molar-refractivity contribution is 5.81. The van der Waals surface area contributed by atoms with E-state index in [1.54, 1.807) is 24.3 Å². The number of nitroso groups, excluding NO2 is 1. The number of carboxylic acids is 1. The summed E-state index contributed by atoms with van der Waals surface area (Å²) in [7, 11) is 1.53. The minimum absolute atomic E-state index is 0.0639. The summed E-state index contributed by atoms with van der Waals surface area (Å²) in [6.45, 7) is 1.52. The lowest BCUT2D eigenvalue weighted by atomic mass is 9.92. The van der Waals surface area contributed by atoms with Gasteiger partial charge in [0, 0.05) is 0 Å². The van der Waals surface area contributed by atoms with E-state index in [4.69, 9.17) is 4.74 Å². The van der Waals surface area contributed by atoms with Gasteiger partial charge in [0.2, 0.25) is 5.82 Å². The van der Waals surface area contributed by atoms with E-state index in [-0.39, 0.29) is 5.82 Å². The number of ether oxygens (including phenoxy) is 1. The fourth-order valence-corrected chi connectivity index (χ4v) is 1.90. The number of nitrogens with zero attached hydrogens (tertiary/aromatic N) is 3. The van der Waals surface area contributed by atoms with Gasteiger partial charge in [0.05, 0.1) is 19.6 Å². The molecule has 7 heteroatoms. The Kier molecular flexibility index (Phi) is 3.51. The van der Waals surface area contributed by atoms with Crippen molar-refractivity contribution in [2.45, 2.75) is 12.5 Å². The summed E-state index contributed by atoms with van der Waals surface area (Å²) in [5.41, 5.74) is -0.858. The molecule has 1 aromatic carbocycles. The molecule has 1 heterocycles. The molecule has 2 aromatic rings. The number of benzene rings is 1. The first-order valence-corrected chi connectivity index (χ1v) is 5.78. The van der Waals surface area contributed by atoms with Gasteiger partial charge in [-0.15, -0.1) is 4.91 Å². The SMILES string of the molecule is COc1ccc([C@@](C)(C(=O)O)n2cnc(N=O)c2)cc1. The molecule has 0 aliphatic heterocycles. The van der Waals surface area contributed by atoms with Gasteiger partial charge in [-0.3, -0.25) is 0 Å².